The molecule has 0 aliphatic heterocycles. The first-order valence-corrected chi connectivity index (χ1v) is 15.0. The largest absolute Gasteiger partial charge is 0.481 e. The van der Waals surface area contributed by atoms with Gasteiger partial charge in [-0.25, -0.2) is 4.98 Å². The van der Waals surface area contributed by atoms with Crippen molar-refractivity contribution in [1.82, 2.24) is 36.6 Å². The molecule has 258 valence electrons. The molecule has 0 radical (unpaired) electrons. The Labute approximate surface area is 267 Å². The van der Waals surface area contributed by atoms with E-state index in [9.17, 15) is 28.8 Å². The van der Waals surface area contributed by atoms with E-state index < -0.39 is 72.1 Å². The summed E-state index contributed by atoms with van der Waals surface area (Å²) in [5, 5.41) is 29.1. The fraction of sp³-hybridized carbons (Fsp3) is 0.643. The second-order valence-electron chi connectivity index (χ2n) is 11.9. The summed E-state index contributed by atoms with van der Waals surface area (Å²) in [5.74, 6) is -5.54. The maximum atomic E-state index is 13.6. The number of hydrogen-bond acceptors (Lipinski definition) is 9. The Morgan fingerprint density at radius 3 is 1.80 bits per heavy atom. The van der Waals surface area contributed by atoms with Gasteiger partial charge in [0.15, 0.2) is 5.96 Å². The van der Waals surface area contributed by atoms with Crippen molar-refractivity contribution >= 4 is 41.5 Å². The number of aromatic amines is 1. The molecule has 1 heterocycles. The minimum atomic E-state index is -1.54. The molecule has 46 heavy (non-hydrogen) atoms. The molecular formula is C28H49N11O7. The van der Waals surface area contributed by atoms with Crippen LogP contribution in [0.4, 0.5) is 0 Å². The number of carbonyl (C=O) groups excluding carboxylic acids is 5. The van der Waals surface area contributed by atoms with E-state index >= 15 is 0 Å². The average molecular weight is 652 g/mol. The first-order chi connectivity index (χ1) is 21.5. The zero-order valence-electron chi connectivity index (χ0n) is 26.7. The number of primary amides is 1. The number of nitrogens with one attached hydrogen (secondary N) is 7. The van der Waals surface area contributed by atoms with E-state index in [1.165, 1.54) is 12.5 Å². The van der Waals surface area contributed by atoms with Gasteiger partial charge in [-0.1, -0.05) is 27.7 Å². The van der Waals surface area contributed by atoms with E-state index in [-0.39, 0.29) is 43.5 Å². The molecule has 5 amide bonds. The third kappa shape index (κ3) is 15.3. The number of H-pyrrole nitrogens is 1. The van der Waals surface area contributed by atoms with Gasteiger partial charge in [-0.2, -0.15) is 0 Å². The Kier molecular flexibility index (Phi) is 16.7. The third-order valence-corrected chi connectivity index (χ3v) is 6.66. The van der Waals surface area contributed by atoms with E-state index in [0.717, 1.165) is 0 Å². The van der Waals surface area contributed by atoms with Crippen LogP contribution in [0.5, 0.6) is 0 Å². The Balaban J connectivity index is 3.12. The minimum absolute atomic E-state index is 0.0182. The molecule has 1 aromatic rings. The molecule has 14 N–H and O–H groups in total. The summed E-state index contributed by atoms with van der Waals surface area (Å²) in [6, 6.07) is -5.94. The van der Waals surface area contributed by atoms with Gasteiger partial charge in [0, 0.05) is 19.2 Å². The maximum Gasteiger partial charge on any atom is 0.305 e. The summed E-state index contributed by atoms with van der Waals surface area (Å²) in [6.07, 6.45) is 3.09. The van der Waals surface area contributed by atoms with Crippen LogP contribution < -0.4 is 43.8 Å². The highest BCUT2D eigenvalue weighted by Gasteiger charge is 2.33. The highest BCUT2D eigenvalue weighted by Crippen LogP contribution is 2.11. The second kappa shape index (κ2) is 19.6. The lowest BCUT2D eigenvalue weighted by molar-refractivity contribution is -0.140. The Morgan fingerprint density at radius 2 is 1.35 bits per heavy atom. The molecule has 0 fully saturated rings. The average Bonchev–Trinajstić information content (AvgIpc) is 3.45. The van der Waals surface area contributed by atoms with Crippen molar-refractivity contribution in [3.05, 3.63) is 18.2 Å². The molecule has 0 saturated heterocycles. The molecule has 1 aromatic heterocycles. The number of imidazole rings is 1. The van der Waals surface area contributed by atoms with E-state index in [4.69, 9.17) is 27.7 Å². The second-order valence-corrected chi connectivity index (χ2v) is 11.9. The van der Waals surface area contributed by atoms with Crippen molar-refractivity contribution in [2.45, 2.75) is 96.4 Å². The van der Waals surface area contributed by atoms with Gasteiger partial charge in [0.05, 0.1) is 24.5 Å². The van der Waals surface area contributed by atoms with Crippen LogP contribution in [0.1, 0.15) is 65.5 Å². The molecule has 1 rings (SSSR count). The number of hydrogen-bond donors (Lipinski definition) is 11. The highest BCUT2D eigenvalue weighted by molar-refractivity contribution is 5.96. The minimum Gasteiger partial charge on any atom is -0.481 e. The van der Waals surface area contributed by atoms with Gasteiger partial charge in [0.1, 0.15) is 24.2 Å². The summed E-state index contributed by atoms with van der Waals surface area (Å²) in [7, 11) is 0. The van der Waals surface area contributed by atoms with Crippen molar-refractivity contribution in [2.24, 2.45) is 29.0 Å². The maximum absolute atomic E-state index is 13.6. The smallest absolute Gasteiger partial charge is 0.305 e. The molecule has 5 atom stereocenters. The topological polar surface area (TPSA) is 313 Å². The molecule has 0 unspecified atom stereocenters. The monoisotopic (exact) mass is 651 g/mol. The number of guanidine groups is 1. The van der Waals surface area contributed by atoms with E-state index in [1.54, 1.807) is 0 Å². The lowest BCUT2D eigenvalue weighted by Crippen LogP contribution is -2.59. The Hall–Kier alpha value is -4.74. The molecule has 18 nitrogen and oxygen atoms in total. The van der Waals surface area contributed by atoms with Gasteiger partial charge in [-0.3, -0.25) is 34.2 Å². The predicted octanol–water partition coefficient (Wildman–Crippen LogP) is -2.47. The molecule has 0 aromatic carbocycles. The zero-order chi connectivity index (χ0) is 35.0. The fourth-order valence-electron chi connectivity index (χ4n) is 4.40. The lowest BCUT2D eigenvalue weighted by atomic mass is 9.99. The number of nitrogens with zero attached hydrogens (tertiary/aromatic N) is 1. The van der Waals surface area contributed by atoms with Crippen LogP contribution >= 0.6 is 0 Å². The van der Waals surface area contributed by atoms with Gasteiger partial charge in [-0.15, -0.1) is 0 Å². The van der Waals surface area contributed by atoms with Gasteiger partial charge in [0.2, 0.25) is 29.5 Å². The van der Waals surface area contributed by atoms with Crippen LogP contribution in [0.2, 0.25) is 0 Å². The van der Waals surface area contributed by atoms with E-state index in [1.807, 2.05) is 27.7 Å². The summed E-state index contributed by atoms with van der Waals surface area (Å²) < 4.78 is 0. The zero-order valence-corrected chi connectivity index (χ0v) is 26.7. The fourth-order valence-corrected chi connectivity index (χ4v) is 4.40. The molecule has 18 heteroatoms. The van der Waals surface area contributed by atoms with Crippen molar-refractivity contribution in [3.63, 3.8) is 0 Å². The van der Waals surface area contributed by atoms with Gasteiger partial charge >= 0.3 is 5.97 Å². The predicted molar refractivity (Wildman–Crippen MR) is 167 cm³/mol. The number of amides is 5. The lowest BCUT2D eigenvalue weighted by Gasteiger charge is -2.27. The Bertz CT molecular complexity index is 1190. The molecular weight excluding hydrogens is 602 g/mol. The first-order valence-electron chi connectivity index (χ1n) is 15.0. The van der Waals surface area contributed by atoms with Crippen LogP contribution in [0.3, 0.4) is 0 Å². The third-order valence-electron chi connectivity index (χ3n) is 6.66. The normalized spacial score (nSPS) is 14.3. The highest BCUT2D eigenvalue weighted by atomic mass is 16.4. The van der Waals surface area contributed by atoms with E-state index in [0.29, 0.717) is 18.7 Å². The molecule has 0 bridgehead atoms. The Morgan fingerprint density at radius 1 is 0.848 bits per heavy atom. The molecule has 0 spiro atoms. The number of aromatic nitrogens is 2. The van der Waals surface area contributed by atoms with Crippen molar-refractivity contribution in [1.29, 1.82) is 5.41 Å². The summed E-state index contributed by atoms with van der Waals surface area (Å²) in [6.45, 7) is 7.73. The first kappa shape index (κ1) is 39.3. The summed E-state index contributed by atoms with van der Waals surface area (Å²) in [4.78, 5) is 82.8. The number of nitrogens with two attached hydrogens (primary N) is 3. The van der Waals surface area contributed by atoms with Crippen LogP contribution in [0.25, 0.3) is 0 Å². The number of carboxylic acids is 1. The standard InChI is InChI=1S/C28H49N11O7/c1-14(2)8-19(37-24(43)17(29)6-5-7-34-28(31)32)25(44)38-20(9-15(3)4)26(45)39-21(10-16-12-33-13-35-16)27(46)36-18(23(30)42)11-22(40)41/h12-15,17-21H,5-11,29H2,1-4H3,(H2,30,42)(H,33,35)(H,36,46)(H,37,43)(H,38,44)(H,39,45)(H,40,41)(H4,31,32,34)/t17-,18-,19-,20-,21-/m0/s1. The molecule has 0 aliphatic carbocycles. The van der Waals surface area contributed by atoms with Crippen LogP contribution in [-0.2, 0) is 35.2 Å². The van der Waals surface area contributed by atoms with Gasteiger partial charge in [0.25, 0.3) is 0 Å². The number of carboxylic acid groups (broad SMARTS) is 1. The van der Waals surface area contributed by atoms with Crippen molar-refractivity contribution in [2.75, 3.05) is 6.54 Å². The van der Waals surface area contributed by atoms with E-state index in [2.05, 4.69) is 36.6 Å². The molecule has 0 aliphatic rings. The van der Waals surface area contributed by atoms with Gasteiger partial charge in [-0.05, 0) is 37.5 Å². The number of carbonyl (C=O) groups is 6. The quantitative estimate of drug-likeness (QED) is 0.0376. The van der Waals surface area contributed by atoms with Crippen molar-refractivity contribution in [3.8, 4) is 0 Å². The summed E-state index contributed by atoms with van der Waals surface area (Å²) >= 11 is 0. The SMILES string of the molecule is CC(C)C[C@H](NC(=O)[C@H](CC(C)C)NC(=O)[C@@H](N)CCCNC(=N)N)C(=O)N[C@@H](Cc1c[nH]cn1)C(=O)N[C@@H](CC(=O)O)C(N)=O. The van der Waals surface area contributed by atoms with Crippen LogP contribution in [0, 0.1) is 17.2 Å². The van der Waals surface area contributed by atoms with Crippen molar-refractivity contribution < 1.29 is 33.9 Å². The van der Waals surface area contributed by atoms with Gasteiger partial charge < -0.3 is 53.9 Å². The molecule has 0 saturated carbocycles. The number of rotatable bonds is 21. The number of aliphatic carboxylic acids is 1. The van der Waals surface area contributed by atoms with Crippen LogP contribution in [-0.4, -0.2) is 93.3 Å². The summed E-state index contributed by atoms with van der Waals surface area (Å²) in [5.41, 5.74) is 16.9. The van der Waals surface area contributed by atoms with Crippen LogP contribution in [0.15, 0.2) is 12.5 Å².